The molecule has 1 aliphatic rings. The van der Waals surface area contributed by atoms with Crippen molar-refractivity contribution in [3.05, 3.63) is 0 Å². The molecule has 6 heteroatoms. The first-order valence-corrected chi connectivity index (χ1v) is 6.11. The third-order valence-corrected chi connectivity index (χ3v) is 3.02. The Morgan fingerprint density at radius 3 is 2.28 bits per heavy atom. The van der Waals surface area contributed by atoms with Crippen LogP contribution in [-0.4, -0.2) is 36.1 Å². The van der Waals surface area contributed by atoms with Crippen LogP contribution in [0, 0.1) is 11.3 Å². The van der Waals surface area contributed by atoms with Crippen LogP contribution in [0.1, 0.15) is 33.6 Å². The summed E-state index contributed by atoms with van der Waals surface area (Å²) in [6.07, 6.45) is -4.74. The van der Waals surface area contributed by atoms with Gasteiger partial charge >= 0.3 is 6.18 Å². The number of hydrogen-bond acceptors (Lipinski definition) is 2. The Bertz CT molecular complexity index is 309. The van der Waals surface area contributed by atoms with Crippen molar-refractivity contribution < 1.29 is 18.0 Å². The molecule has 3 nitrogen and oxygen atoms in total. The molecule has 0 aromatic heterocycles. The van der Waals surface area contributed by atoms with Crippen LogP contribution in [0.3, 0.4) is 0 Å². The quantitative estimate of drug-likeness (QED) is 0.790. The van der Waals surface area contributed by atoms with Crippen molar-refractivity contribution in [2.45, 2.75) is 45.8 Å². The summed E-state index contributed by atoms with van der Waals surface area (Å²) in [7, 11) is 0. The van der Waals surface area contributed by atoms with E-state index in [-0.39, 0.29) is 18.5 Å². The molecule has 2 atom stereocenters. The van der Waals surface area contributed by atoms with E-state index < -0.39 is 23.9 Å². The molecule has 0 radical (unpaired) electrons. The number of alkyl halides is 3. The molecule has 0 aromatic rings. The summed E-state index contributed by atoms with van der Waals surface area (Å²) < 4.78 is 37.2. The van der Waals surface area contributed by atoms with Crippen LogP contribution in [-0.2, 0) is 4.79 Å². The molecule has 0 aliphatic carbocycles. The van der Waals surface area contributed by atoms with Crippen LogP contribution >= 0.6 is 0 Å². The maximum Gasteiger partial charge on any atom is 0.389 e. The van der Waals surface area contributed by atoms with Crippen LogP contribution in [0.15, 0.2) is 0 Å². The first kappa shape index (κ1) is 15.3. The maximum absolute atomic E-state index is 12.4. The van der Waals surface area contributed by atoms with Crippen LogP contribution in [0.25, 0.3) is 0 Å². The Morgan fingerprint density at radius 2 is 1.83 bits per heavy atom. The molecular weight excluding hydrogens is 245 g/mol. The lowest BCUT2D eigenvalue weighted by atomic mass is 9.88. The molecule has 1 amide bonds. The molecule has 0 saturated carbocycles. The molecule has 0 bridgehead atoms. The summed E-state index contributed by atoms with van der Waals surface area (Å²) in [5.74, 6) is -0.718. The highest BCUT2D eigenvalue weighted by atomic mass is 19.4. The Kier molecular flexibility index (Phi) is 4.30. The summed E-state index contributed by atoms with van der Waals surface area (Å²) in [5.41, 5.74) is 5.17. The van der Waals surface area contributed by atoms with Gasteiger partial charge in [0.1, 0.15) is 0 Å². The highest BCUT2D eigenvalue weighted by Gasteiger charge is 2.38. The topological polar surface area (TPSA) is 46.3 Å². The van der Waals surface area contributed by atoms with Crippen molar-refractivity contribution in [1.29, 1.82) is 0 Å². The van der Waals surface area contributed by atoms with Gasteiger partial charge in [0, 0.05) is 31.0 Å². The predicted molar refractivity (Wildman–Crippen MR) is 62.8 cm³/mol. The first-order valence-electron chi connectivity index (χ1n) is 6.11. The highest BCUT2D eigenvalue weighted by molar-refractivity contribution is 5.81. The summed E-state index contributed by atoms with van der Waals surface area (Å²) in [6.45, 7) is 5.78. The normalized spacial score (nSPS) is 26.3. The van der Waals surface area contributed by atoms with E-state index in [1.54, 1.807) is 20.8 Å². The average Bonchev–Trinajstić information content (AvgIpc) is 2.11. The van der Waals surface area contributed by atoms with Gasteiger partial charge < -0.3 is 10.6 Å². The number of rotatable bonds is 1. The zero-order valence-corrected chi connectivity index (χ0v) is 11.0. The number of piperidine rings is 1. The zero-order valence-electron chi connectivity index (χ0n) is 11.0. The van der Waals surface area contributed by atoms with E-state index in [0.717, 1.165) is 0 Å². The van der Waals surface area contributed by atoms with Crippen molar-refractivity contribution in [3.63, 3.8) is 0 Å². The average molecular weight is 266 g/mol. The van der Waals surface area contributed by atoms with Crippen LogP contribution in [0.2, 0.25) is 0 Å². The van der Waals surface area contributed by atoms with Crippen molar-refractivity contribution in [3.8, 4) is 0 Å². The van der Waals surface area contributed by atoms with Crippen molar-refractivity contribution in [2.24, 2.45) is 17.1 Å². The number of halogens is 3. The Hall–Kier alpha value is -0.780. The van der Waals surface area contributed by atoms with Crippen molar-refractivity contribution in [1.82, 2.24) is 4.90 Å². The minimum atomic E-state index is -4.20. The van der Waals surface area contributed by atoms with Crippen molar-refractivity contribution >= 4 is 5.91 Å². The van der Waals surface area contributed by atoms with Gasteiger partial charge in [-0.25, -0.2) is 0 Å². The third kappa shape index (κ3) is 4.48. The number of carbonyl (C=O) groups excluding carboxylic acids is 1. The van der Waals surface area contributed by atoms with Crippen LogP contribution in [0.4, 0.5) is 13.2 Å². The number of amides is 1. The van der Waals surface area contributed by atoms with E-state index in [4.69, 9.17) is 5.73 Å². The number of hydrogen-bond donors (Lipinski definition) is 1. The Morgan fingerprint density at radius 1 is 1.28 bits per heavy atom. The second-order valence-corrected chi connectivity index (χ2v) is 6.14. The molecule has 1 aliphatic heterocycles. The number of likely N-dealkylation sites (tertiary alicyclic amines) is 1. The highest BCUT2D eigenvalue weighted by Crippen LogP contribution is 2.31. The molecule has 2 N–H and O–H groups in total. The van der Waals surface area contributed by atoms with Gasteiger partial charge in [-0.05, 0) is 12.3 Å². The molecule has 1 fully saturated rings. The Labute approximate surface area is 106 Å². The fourth-order valence-corrected chi connectivity index (χ4v) is 2.36. The zero-order chi connectivity index (χ0) is 14.1. The molecular formula is C12H21F3N2O. The first-order chi connectivity index (χ1) is 7.99. The van der Waals surface area contributed by atoms with Crippen LogP contribution in [0.5, 0.6) is 0 Å². The molecule has 0 aromatic carbocycles. The minimum Gasteiger partial charge on any atom is -0.340 e. The van der Waals surface area contributed by atoms with E-state index in [9.17, 15) is 18.0 Å². The lowest BCUT2D eigenvalue weighted by Gasteiger charge is -2.39. The fourth-order valence-electron chi connectivity index (χ4n) is 2.36. The van der Waals surface area contributed by atoms with Gasteiger partial charge in [0.2, 0.25) is 5.91 Å². The van der Waals surface area contributed by atoms with Gasteiger partial charge in [-0.2, -0.15) is 13.2 Å². The SMILES string of the molecule is CC(C)(C)C(=O)N1CC(N)CC(CC(F)(F)F)C1. The maximum atomic E-state index is 12.4. The number of nitrogens with zero attached hydrogens (tertiary/aromatic N) is 1. The molecule has 106 valence electrons. The Balaban J connectivity index is 2.70. The minimum absolute atomic E-state index is 0.134. The lowest BCUT2D eigenvalue weighted by Crippen LogP contribution is -2.52. The second-order valence-electron chi connectivity index (χ2n) is 6.14. The van der Waals surface area contributed by atoms with Crippen LogP contribution < -0.4 is 5.73 Å². The van der Waals surface area contributed by atoms with Gasteiger partial charge in [0.15, 0.2) is 0 Å². The van der Waals surface area contributed by atoms with Crippen molar-refractivity contribution in [2.75, 3.05) is 13.1 Å². The molecule has 18 heavy (non-hydrogen) atoms. The van der Waals surface area contributed by atoms with Gasteiger partial charge in [-0.1, -0.05) is 20.8 Å². The summed E-state index contributed by atoms with van der Waals surface area (Å²) in [4.78, 5) is 13.5. The molecule has 0 spiro atoms. The van der Waals surface area contributed by atoms with E-state index >= 15 is 0 Å². The van der Waals surface area contributed by atoms with E-state index in [2.05, 4.69) is 0 Å². The summed E-state index contributed by atoms with van der Waals surface area (Å²) in [5, 5.41) is 0. The van der Waals surface area contributed by atoms with Gasteiger partial charge in [-0.3, -0.25) is 4.79 Å². The second kappa shape index (κ2) is 5.07. The molecule has 1 saturated heterocycles. The van der Waals surface area contributed by atoms with Gasteiger partial charge in [0.05, 0.1) is 0 Å². The largest absolute Gasteiger partial charge is 0.389 e. The van der Waals surface area contributed by atoms with E-state index in [1.165, 1.54) is 4.90 Å². The third-order valence-electron chi connectivity index (χ3n) is 3.02. The monoisotopic (exact) mass is 266 g/mol. The summed E-state index contributed by atoms with van der Waals surface area (Å²) in [6, 6.07) is -0.364. The molecule has 1 rings (SSSR count). The van der Waals surface area contributed by atoms with E-state index in [1.807, 2.05) is 0 Å². The molecule has 1 heterocycles. The van der Waals surface area contributed by atoms with Gasteiger partial charge in [0.25, 0.3) is 0 Å². The molecule has 2 unspecified atom stereocenters. The van der Waals surface area contributed by atoms with Gasteiger partial charge in [-0.15, -0.1) is 0 Å². The van der Waals surface area contributed by atoms with E-state index in [0.29, 0.717) is 13.0 Å². The number of nitrogens with two attached hydrogens (primary N) is 1. The standard InChI is InChI=1S/C12H21F3N2O/c1-11(2,3)10(18)17-6-8(4-9(16)7-17)5-12(13,14)15/h8-9H,4-7,16H2,1-3H3. The summed E-state index contributed by atoms with van der Waals surface area (Å²) >= 11 is 0. The smallest absolute Gasteiger partial charge is 0.340 e. The predicted octanol–water partition coefficient (Wildman–Crippen LogP) is 2.16. The number of carbonyl (C=O) groups is 1. The lowest BCUT2D eigenvalue weighted by molar-refractivity contribution is -0.155. The fraction of sp³-hybridized carbons (Fsp3) is 0.917.